The van der Waals surface area contributed by atoms with Crippen molar-refractivity contribution in [3.05, 3.63) is 11.9 Å². The molecule has 5 heteroatoms. The summed E-state index contributed by atoms with van der Waals surface area (Å²) in [5.74, 6) is 2.44. The molecule has 72 valence electrons. The van der Waals surface area contributed by atoms with E-state index in [0.29, 0.717) is 0 Å². The number of rotatable bonds is 1. The van der Waals surface area contributed by atoms with E-state index in [0.717, 1.165) is 36.2 Å². The lowest BCUT2D eigenvalue weighted by Crippen LogP contribution is -2.38. The summed E-state index contributed by atoms with van der Waals surface area (Å²) in [7, 11) is -0.611. The molecule has 1 aliphatic heterocycles. The van der Waals surface area contributed by atoms with E-state index in [-0.39, 0.29) is 0 Å². The largest absolute Gasteiger partial charge is 0.341 e. The third kappa shape index (κ3) is 1.91. The number of imidazole rings is 1. The average molecular weight is 199 g/mol. The van der Waals surface area contributed by atoms with Crippen LogP contribution in [0.25, 0.3) is 0 Å². The van der Waals surface area contributed by atoms with Crippen molar-refractivity contribution >= 4 is 16.7 Å². The van der Waals surface area contributed by atoms with E-state index in [1.807, 2.05) is 13.1 Å². The molecular weight excluding hydrogens is 186 g/mol. The quantitative estimate of drug-likeness (QED) is 0.707. The van der Waals surface area contributed by atoms with Crippen molar-refractivity contribution in [3.8, 4) is 0 Å². The van der Waals surface area contributed by atoms with Crippen molar-refractivity contribution < 1.29 is 4.21 Å². The molecule has 0 bridgehead atoms. The van der Waals surface area contributed by atoms with Crippen molar-refractivity contribution in [2.45, 2.75) is 6.92 Å². The molecule has 1 saturated heterocycles. The van der Waals surface area contributed by atoms with Crippen LogP contribution in [0.2, 0.25) is 0 Å². The predicted molar refractivity (Wildman–Crippen MR) is 53.4 cm³/mol. The van der Waals surface area contributed by atoms with Gasteiger partial charge in [-0.25, -0.2) is 4.98 Å². The lowest BCUT2D eigenvalue weighted by Gasteiger charge is -2.25. The van der Waals surface area contributed by atoms with Gasteiger partial charge in [0.05, 0.1) is 0 Å². The minimum atomic E-state index is -0.611. The molecule has 4 nitrogen and oxygen atoms in total. The normalized spacial score (nSPS) is 19.3. The Balaban J connectivity index is 2.06. The molecule has 2 rings (SSSR count). The number of nitrogens with one attached hydrogen (secondary N) is 1. The van der Waals surface area contributed by atoms with Gasteiger partial charge in [-0.15, -0.1) is 0 Å². The van der Waals surface area contributed by atoms with Crippen molar-refractivity contribution in [3.63, 3.8) is 0 Å². The summed E-state index contributed by atoms with van der Waals surface area (Å²) >= 11 is 0. The smallest absolute Gasteiger partial charge is 0.203 e. The van der Waals surface area contributed by atoms with Gasteiger partial charge < -0.3 is 9.88 Å². The van der Waals surface area contributed by atoms with E-state index < -0.39 is 10.8 Å². The fourth-order valence-corrected chi connectivity index (χ4v) is 2.46. The zero-order valence-corrected chi connectivity index (χ0v) is 8.43. The number of H-pyrrole nitrogens is 1. The van der Waals surface area contributed by atoms with Crippen LogP contribution >= 0.6 is 0 Å². The molecule has 0 spiro atoms. The number of hydrogen-bond acceptors (Lipinski definition) is 3. The second-order valence-electron chi connectivity index (χ2n) is 3.22. The summed E-state index contributed by atoms with van der Waals surface area (Å²) in [5.41, 5.74) is 1.07. The first-order valence-corrected chi connectivity index (χ1v) is 5.86. The highest BCUT2D eigenvalue weighted by atomic mass is 32.2. The van der Waals surface area contributed by atoms with Crippen molar-refractivity contribution in [2.24, 2.45) is 0 Å². The van der Waals surface area contributed by atoms with E-state index >= 15 is 0 Å². The van der Waals surface area contributed by atoms with Gasteiger partial charge in [-0.1, -0.05) is 0 Å². The lowest BCUT2D eigenvalue weighted by atomic mass is 10.5. The molecule has 0 unspecified atom stereocenters. The first-order valence-electron chi connectivity index (χ1n) is 4.37. The molecule has 2 heterocycles. The van der Waals surface area contributed by atoms with E-state index in [4.69, 9.17) is 0 Å². The molecule has 1 aromatic heterocycles. The molecule has 0 atom stereocenters. The predicted octanol–water partition coefficient (Wildman–Crippen LogP) is 0.287. The highest BCUT2D eigenvalue weighted by molar-refractivity contribution is 7.85. The Morgan fingerprint density at radius 3 is 2.77 bits per heavy atom. The summed E-state index contributed by atoms with van der Waals surface area (Å²) in [5, 5.41) is 0. The molecule has 1 aromatic rings. The number of nitrogens with zero attached hydrogens (tertiary/aromatic N) is 2. The van der Waals surface area contributed by atoms with Gasteiger partial charge in [0.15, 0.2) is 0 Å². The second kappa shape index (κ2) is 3.49. The SMILES string of the molecule is Cc1cnc(N2CCS(=O)CC2)[nH]1. The molecule has 1 aliphatic rings. The first kappa shape index (κ1) is 8.74. The number of anilines is 1. The Bertz CT molecular complexity index is 313. The molecule has 0 radical (unpaired) electrons. The van der Waals surface area contributed by atoms with Gasteiger partial charge in [0.2, 0.25) is 5.95 Å². The van der Waals surface area contributed by atoms with Gasteiger partial charge in [0.25, 0.3) is 0 Å². The van der Waals surface area contributed by atoms with Crippen molar-refractivity contribution in [1.29, 1.82) is 0 Å². The first-order chi connectivity index (χ1) is 6.25. The summed E-state index contributed by atoms with van der Waals surface area (Å²) in [6.45, 7) is 3.68. The van der Waals surface area contributed by atoms with Gasteiger partial charge in [-0.05, 0) is 6.92 Å². The minimum absolute atomic E-state index is 0.611. The Kier molecular flexibility index (Phi) is 2.35. The van der Waals surface area contributed by atoms with Crippen molar-refractivity contribution in [2.75, 3.05) is 29.5 Å². The van der Waals surface area contributed by atoms with Crippen LogP contribution in [0, 0.1) is 6.92 Å². The van der Waals surface area contributed by atoms with Crippen LogP contribution in [0.1, 0.15) is 5.69 Å². The molecule has 13 heavy (non-hydrogen) atoms. The van der Waals surface area contributed by atoms with Gasteiger partial charge in [-0.2, -0.15) is 0 Å². The molecule has 0 saturated carbocycles. The van der Waals surface area contributed by atoms with Crippen LogP contribution in [-0.2, 0) is 10.8 Å². The monoisotopic (exact) mass is 199 g/mol. The Morgan fingerprint density at radius 2 is 2.23 bits per heavy atom. The highest BCUT2D eigenvalue weighted by Gasteiger charge is 2.16. The topological polar surface area (TPSA) is 49.0 Å². The standard InChI is InChI=1S/C8H13N3OS/c1-7-6-9-8(10-7)11-2-4-13(12)5-3-11/h6H,2-5H2,1H3,(H,9,10). The van der Waals surface area contributed by atoms with Crippen LogP contribution in [0.15, 0.2) is 6.20 Å². The van der Waals surface area contributed by atoms with Gasteiger partial charge in [-0.3, -0.25) is 4.21 Å². The number of aromatic amines is 1. The Labute approximate surface area is 79.8 Å². The molecular formula is C8H13N3OS. The van der Waals surface area contributed by atoms with E-state index in [1.165, 1.54) is 0 Å². The van der Waals surface area contributed by atoms with Crippen LogP contribution < -0.4 is 4.90 Å². The molecule has 1 fully saturated rings. The molecule has 0 amide bonds. The fourth-order valence-electron chi connectivity index (χ4n) is 1.41. The van der Waals surface area contributed by atoms with Gasteiger partial charge >= 0.3 is 0 Å². The van der Waals surface area contributed by atoms with E-state index in [1.54, 1.807) is 0 Å². The zero-order valence-electron chi connectivity index (χ0n) is 7.62. The third-order valence-electron chi connectivity index (χ3n) is 2.17. The Hall–Kier alpha value is -0.840. The molecule has 0 aromatic carbocycles. The fraction of sp³-hybridized carbons (Fsp3) is 0.625. The van der Waals surface area contributed by atoms with Crippen LogP contribution in [-0.4, -0.2) is 38.8 Å². The highest BCUT2D eigenvalue weighted by Crippen LogP contribution is 2.11. The van der Waals surface area contributed by atoms with E-state index in [2.05, 4.69) is 14.9 Å². The molecule has 1 N–H and O–H groups in total. The summed E-state index contributed by atoms with van der Waals surface area (Å²) < 4.78 is 11.1. The zero-order chi connectivity index (χ0) is 9.26. The van der Waals surface area contributed by atoms with Gasteiger partial charge in [0.1, 0.15) is 0 Å². The summed E-state index contributed by atoms with van der Waals surface area (Å²) in [6, 6.07) is 0. The number of hydrogen-bond donors (Lipinski definition) is 1. The van der Waals surface area contributed by atoms with Crippen molar-refractivity contribution in [1.82, 2.24) is 9.97 Å². The maximum Gasteiger partial charge on any atom is 0.203 e. The van der Waals surface area contributed by atoms with Crippen LogP contribution in [0.4, 0.5) is 5.95 Å². The molecule has 0 aliphatic carbocycles. The maximum atomic E-state index is 11.1. The lowest BCUT2D eigenvalue weighted by molar-refractivity contribution is 0.671. The Morgan fingerprint density at radius 1 is 1.54 bits per heavy atom. The average Bonchev–Trinajstić information content (AvgIpc) is 2.53. The second-order valence-corrected chi connectivity index (χ2v) is 4.92. The summed E-state index contributed by atoms with van der Waals surface area (Å²) in [6.07, 6.45) is 1.82. The van der Waals surface area contributed by atoms with E-state index in [9.17, 15) is 4.21 Å². The number of aromatic nitrogens is 2. The summed E-state index contributed by atoms with van der Waals surface area (Å²) in [4.78, 5) is 9.56. The van der Waals surface area contributed by atoms with Crippen LogP contribution in [0.5, 0.6) is 0 Å². The van der Waals surface area contributed by atoms with Crippen LogP contribution in [0.3, 0.4) is 0 Å². The maximum absolute atomic E-state index is 11.1. The minimum Gasteiger partial charge on any atom is -0.341 e. The number of aryl methyl sites for hydroxylation is 1. The third-order valence-corrected chi connectivity index (χ3v) is 3.44. The van der Waals surface area contributed by atoms with Gasteiger partial charge in [0, 0.05) is 47.3 Å².